The van der Waals surface area contributed by atoms with Gasteiger partial charge in [0.1, 0.15) is 10.7 Å². The lowest BCUT2D eigenvalue weighted by molar-refractivity contribution is 0.0957. The van der Waals surface area contributed by atoms with Gasteiger partial charge in [-0.1, -0.05) is 31.4 Å². The van der Waals surface area contributed by atoms with E-state index in [0.29, 0.717) is 21.1 Å². The first-order valence-electron chi connectivity index (χ1n) is 6.29. The van der Waals surface area contributed by atoms with Gasteiger partial charge in [-0.15, -0.1) is 11.3 Å². The van der Waals surface area contributed by atoms with Crippen LogP contribution in [0.4, 0.5) is 4.39 Å². The Morgan fingerprint density at radius 3 is 2.95 bits per heavy atom. The van der Waals surface area contributed by atoms with Crippen molar-refractivity contribution in [3.63, 3.8) is 0 Å². The zero-order valence-corrected chi connectivity index (χ0v) is 12.2. The minimum absolute atomic E-state index is 0.178. The van der Waals surface area contributed by atoms with Crippen LogP contribution in [0.3, 0.4) is 0 Å². The van der Waals surface area contributed by atoms with Crippen LogP contribution in [-0.4, -0.2) is 12.5 Å². The van der Waals surface area contributed by atoms with Crippen molar-refractivity contribution in [3.05, 3.63) is 33.9 Å². The quantitative estimate of drug-likeness (QED) is 0.802. The van der Waals surface area contributed by atoms with Crippen molar-refractivity contribution in [1.82, 2.24) is 5.32 Å². The number of halogens is 2. The molecule has 0 atom stereocenters. The lowest BCUT2D eigenvalue weighted by atomic mass is 10.2. The third-order valence-electron chi connectivity index (χ3n) is 2.86. The van der Waals surface area contributed by atoms with E-state index >= 15 is 0 Å². The summed E-state index contributed by atoms with van der Waals surface area (Å²) in [5.41, 5.74) is 0. The van der Waals surface area contributed by atoms with Gasteiger partial charge in [0, 0.05) is 16.6 Å². The van der Waals surface area contributed by atoms with Gasteiger partial charge in [-0.3, -0.25) is 4.79 Å². The van der Waals surface area contributed by atoms with E-state index in [1.54, 1.807) is 6.07 Å². The van der Waals surface area contributed by atoms with Gasteiger partial charge in [-0.05, 0) is 24.6 Å². The van der Waals surface area contributed by atoms with Gasteiger partial charge >= 0.3 is 0 Å². The van der Waals surface area contributed by atoms with E-state index in [9.17, 15) is 9.18 Å². The maximum atomic E-state index is 13.1. The highest BCUT2D eigenvalue weighted by atomic mass is 35.5. The molecule has 19 heavy (non-hydrogen) atoms. The summed E-state index contributed by atoms with van der Waals surface area (Å²) in [7, 11) is 0. The molecule has 0 fully saturated rings. The molecule has 0 spiro atoms. The fourth-order valence-electron chi connectivity index (χ4n) is 1.84. The van der Waals surface area contributed by atoms with Crippen molar-refractivity contribution >= 4 is 38.9 Å². The highest BCUT2D eigenvalue weighted by molar-refractivity contribution is 7.21. The minimum atomic E-state index is -0.319. The molecule has 1 heterocycles. The number of unbranched alkanes of at least 4 members (excludes halogenated alkanes) is 2. The van der Waals surface area contributed by atoms with Crippen molar-refractivity contribution in [2.75, 3.05) is 6.54 Å². The van der Waals surface area contributed by atoms with Gasteiger partial charge in [0.15, 0.2) is 0 Å². The lowest BCUT2D eigenvalue weighted by Crippen LogP contribution is -2.23. The van der Waals surface area contributed by atoms with Gasteiger partial charge in [-0.2, -0.15) is 0 Å². The standard InChI is InChI=1S/C14H15ClFNOS/c1-2-3-4-7-17-14(18)13-12(15)10-6-5-9(16)8-11(10)19-13/h5-6,8H,2-4,7H2,1H3,(H,17,18). The van der Waals surface area contributed by atoms with Crippen LogP contribution in [0, 0.1) is 5.82 Å². The molecule has 2 aromatic rings. The maximum Gasteiger partial charge on any atom is 0.262 e. The molecule has 0 aliphatic rings. The molecular weight excluding hydrogens is 285 g/mol. The summed E-state index contributed by atoms with van der Waals surface area (Å²) >= 11 is 7.40. The average Bonchev–Trinajstić information content (AvgIpc) is 2.71. The monoisotopic (exact) mass is 299 g/mol. The van der Waals surface area contributed by atoms with E-state index in [4.69, 9.17) is 11.6 Å². The second-order valence-electron chi connectivity index (χ2n) is 4.35. The fraction of sp³-hybridized carbons (Fsp3) is 0.357. The molecule has 1 aromatic carbocycles. The first kappa shape index (κ1) is 14.3. The van der Waals surface area contributed by atoms with E-state index in [0.717, 1.165) is 24.6 Å². The Morgan fingerprint density at radius 1 is 1.42 bits per heavy atom. The molecule has 1 N–H and O–H groups in total. The van der Waals surface area contributed by atoms with Crippen LogP contribution in [0.2, 0.25) is 5.02 Å². The molecule has 1 aromatic heterocycles. The molecular formula is C14H15ClFNOS. The summed E-state index contributed by atoms with van der Waals surface area (Å²) in [4.78, 5) is 12.5. The molecule has 5 heteroatoms. The lowest BCUT2D eigenvalue weighted by Gasteiger charge is -2.02. The van der Waals surface area contributed by atoms with Crippen LogP contribution in [0.25, 0.3) is 10.1 Å². The van der Waals surface area contributed by atoms with Crippen LogP contribution in [-0.2, 0) is 0 Å². The summed E-state index contributed by atoms with van der Waals surface area (Å²) in [5.74, 6) is -0.497. The fourth-order valence-corrected chi connectivity index (χ4v) is 3.30. The van der Waals surface area contributed by atoms with E-state index in [1.165, 1.54) is 23.5 Å². The van der Waals surface area contributed by atoms with Crippen molar-refractivity contribution in [1.29, 1.82) is 0 Å². The number of hydrogen-bond donors (Lipinski definition) is 1. The predicted molar refractivity (Wildman–Crippen MR) is 78.7 cm³/mol. The SMILES string of the molecule is CCCCCNC(=O)c1sc2cc(F)ccc2c1Cl. The highest BCUT2D eigenvalue weighted by Gasteiger charge is 2.16. The number of thiophene rings is 1. The number of nitrogens with one attached hydrogen (secondary N) is 1. The van der Waals surface area contributed by atoms with Crippen LogP contribution < -0.4 is 5.32 Å². The zero-order chi connectivity index (χ0) is 13.8. The number of amides is 1. The summed E-state index contributed by atoms with van der Waals surface area (Å²) in [6.07, 6.45) is 3.16. The molecule has 2 nitrogen and oxygen atoms in total. The number of carbonyl (C=O) groups excluding carboxylic acids is 1. The Hall–Kier alpha value is -1.13. The Balaban J connectivity index is 2.15. The van der Waals surface area contributed by atoms with Gasteiger partial charge in [-0.25, -0.2) is 4.39 Å². The molecule has 2 rings (SSSR count). The predicted octanol–water partition coefficient (Wildman–Crippen LogP) is 4.61. The number of hydrogen-bond acceptors (Lipinski definition) is 2. The number of rotatable bonds is 5. The smallest absolute Gasteiger partial charge is 0.262 e. The Kier molecular flexibility index (Phi) is 4.77. The molecule has 0 saturated heterocycles. The Labute approximate surface area is 120 Å². The molecule has 0 saturated carbocycles. The highest BCUT2D eigenvalue weighted by Crippen LogP contribution is 2.35. The summed E-state index contributed by atoms with van der Waals surface area (Å²) in [6.45, 7) is 2.75. The first-order valence-corrected chi connectivity index (χ1v) is 7.48. The topological polar surface area (TPSA) is 29.1 Å². The van der Waals surface area contributed by atoms with E-state index in [2.05, 4.69) is 12.2 Å². The first-order chi connectivity index (χ1) is 9.13. The van der Waals surface area contributed by atoms with Gasteiger partial charge in [0.25, 0.3) is 5.91 Å². The zero-order valence-electron chi connectivity index (χ0n) is 10.6. The summed E-state index contributed by atoms with van der Waals surface area (Å²) < 4.78 is 13.8. The number of carbonyl (C=O) groups is 1. The molecule has 0 unspecified atom stereocenters. The van der Waals surface area contributed by atoms with Crippen LogP contribution in [0.15, 0.2) is 18.2 Å². The van der Waals surface area contributed by atoms with E-state index in [1.807, 2.05) is 0 Å². The molecule has 0 aliphatic carbocycles. The van der Waals surface area contributed by atoms with Gasteiger partial charge in [0.2, 0.25) is 0 Å². The summed E-state index contributed by atoms with van der Waals surface area (Å²) in [5, 5.41) is 3.98. The van der Waals surface area contributed by atoms with Gasteiger partial charge < -0.3 is 5.32 Å². The molecule has 0 radical (unpaired) electrons. The third kappa shape index (κ3) is 3.25. The summed E-state index contributed by atoms with van der Waals surface area (Å²) in [6, 6.07) is 4.36. The largest absolute Gasteiger partial charge is 0.351 e. The van der Waals surface area contributed by atoms with Crippen molar-refractivity contribution in [2.45, 2.75) is 26.2 Å². The average molecular weight is 300 g/mol. The van der Waals surface area contributed by atoms with E-state index < -0.39 is 0 Å². The minimum Gasteiger partial charge on any atom is -0.351 e. The van der Waals surface area contributed by atoms with Crippen LogP contribution in [0.1, 0.15) is 35.9 Å². The van der Waals surface area contributed by atoms with Crippen LogP contribution >= 0.6 is 22.9 Å². The molecule has 1 amide bonds. The second-order valence-corrected chi connectivity index (χ2v) is 5.78. The van der Waals surface area contributed by atoms with E-state index in [-0.39, 0.29) is 11.7 Å². The molecule has 0 aliphatic heterocycles. The van der Waals surface area contributed by atoms with Crippen molar-refractivity contribution in [3.8, 4) is 0 Å². The van der Waals surface area contributed by atoms with Crippen LogP contribution in [0.5, 0.6) is 0 Å². The number of benzene rings is 1. The second kappa shape index (κ2) is 6.35. The Morgan fingerprint density at radius 2 is 2.21 bits per heavy atom. The molecule has 102 valence electrons. The van der Waals surface area contributed by atoms with Gasteiger partial charge in [0.05, 0.1) is 5.02 Å². The van der Waals surface area contributed by atoms with Crippen molar-refractivity contribution < 1.29 is 9.18 Å². The van der Waals surface area contributed by atoms with Crippen molar-refractivity contribution in [2.24, 2.45) is 0 Å². The molecule has 0 bridgehead atoms. The third-order valence-corrected chi connectivity index (χ3v) is 4.52. The Bertz CT molecular complexity index is 596. The maximum absolute atomic E-state index is 13.1. The normalized spacial score (nSPS) is 10.9. The number of fused-ring (bicyclic) bond motifs is 1.